The monoisotopic (exact) mass is 281 g/mol. The normalized spacial score (nSPS) is 12.6. The molecule has 1 aromatic heterocycles. The van der Waals surface area contributed by atoms with Crippen molar-refractivity contribution in [1.29, 1.82) is 0 Å². The Morgan fingerprint density at radius 3 is 2.94 bits per heavy atom. The third-order valence-corrected chi connectivity index (χ3v) is 4.13. The molecular weight excluding hydrogens is 266 g/mol. The highest BCUT2D eigenvalue weighted by molar-refractivity contribution is 7.99. The number of benzene rings is 1. The van der Waals surface area contributed by atoms with E-state index in [1.807, 2.05) is 19.1 Å². The van der Waals surface area contributed by atoms with Gasteiger partial charge in [-0.2, -0.15) is 4.99 Å². The highest BCUT2D eigenvalue weighted by atomic mass is 32.2. The molecule has 0 fully saturated rings. The predicted molar refractivity (Wildman–Crippen MR) is 80.0 cm³/mol. The van der Waals surface area contributed by atoms with Crippen molar-refractivity contribution in [3.05, 3.63) is 23.8 Å². The molecule has 0 bridgehead atoms. The second-order valence-corrected chi connectivity index (χ2v) is 6.23. The molecule has 6 N–H and O–H groups in total. The molecule has 0 saturated carbocycles. The topological polar surface area (TPSA) is 103 Å². The summed E-state index contributed by atoms with van der Waals surface area (Å²) in [6.07, 6.45) is 0. The van der Waals surface area contributed by atoms with Crippen molar-refractivity contribution in [2.45, 2.75) is 18.1 Å². The molecule has 1 atom stereocenters. The lowest BCUT2D eigenvalue weighted by Gasteiger charge is -2.04. The fourth-order valence-corrected chi connectivity index (χ4v) is 2.91. The van der Waals surface area contributed by atoms with E-state index < -0.39 is 0 Å². The average molecular weight is 281 g/mol. The van der Waals surface area contributed by atoms with E-state index in [0.717, 1.165) is 16.0 Å². The van der Waals surface area contributed by atoms with Crippen molar-refractivity contribution in [1.82, 2.24) is 4.98 Å². The van der Waals surface area contributed by atoms with Gasteiger partial charge in [-0.25, -0.2) is 4.98 Å². The van der Waals surface area contributed by atoms with Gasteiger partial charge < -0.3 is 17.2 Å². The molecule has 5 nitrogen and oxygen atoms in total. The summed E-state index contributed by atoms with van der Waals surface area (Å²) in [5.41, 5.74) is 18.5. The molecule has 0 saturated heterocycles. The largest absolute Gasteiger partial charge is 0.370 e. The van der Waals surface area contributed by atoms with Crippen LogP contribution >= 0.6 is 23.1 Å². The number of nitrogens with zero attached hydrogens (tertiary/aromatic N) is 2. The first-order chi connectivity index (χ1) is 8.54. The van der Waals surface area contributed by atoms with Gasteiger partial charge in [-0.3, -0.25) is 0 Å². The number of hydrogen-bond acceptors (Lipinski definition) is 5. The Morgan fingerprint density at radius 1 is 1.50 bits per heavy atom. The summed E-state index contributed by atoms with van der Waals surface area (Å²) in [5.74, 6) is 0.907. The van der Waals surface area contributed by atoms with Gasteiger partial charge in [0.15, 0.2) is 5.96 Å². The molecule has 0 aliphatic rings. The minimum atomic E-state index is 0.0294. The maximum absolute atomic E-state index is 5.72. The number of aromatic nitrogens is 1. The third kappa shape index (κ3) is 3.34. The van der Waals surface area contributed by atoms with Crippen LogP contribution in [0.15, 0.2) is 23.2 Å². The minimum Gasteiger partial charge on any atom is -0.370 e. The van der Waals surface area contributed by atoms with Gasteiger partial charge in [0.1, 0.15) is 0 Å². The number of thioether (sulfide) groups is 1. The van der Waals surface area contributed by atoms with Gasteiger partial charge in [-0.1, -0.05) is 17.4 Å². The van der Waals surface area contributed by atoms with Gasteiger partial charge >= 0.3 is 0 Å². The van der Waals surface area contributed by atoms with E-state index in [2.05, 4.69) is 16.0 Å². The molecule has 7 heteroatoms. The summed E-state index contributed by atoms with van der Waals surface area (Å²) >= 11 is 3.16. The van der Waals surface area contributed by atoms with E-state index in [9.17, 15) is 0 Å². The fraction of sp³-hybridized carbons (Fsp3) is 0.273. The molecular formula is C11H15N5S2. The summed E-state index contributed by atoms with van der Waals surface area (Å²) in [4.78, 5) is 8.33. The minimum absolute atomic E-state index is 0.0294. The molecule has 0 aliphatic heterocycles. The number of nitrogens with two attached hydrogens (primary N) is 3. The smallest absolute Gasteiger partial charge is 0.213 e. The zero-order valence-corrected chi connectivity index (χ0v) is 11.6. The lowest BCUT2D eigenvalue weighted by atomic mass is 10.2. The number of rotatable bonds is 4. The van der Waals surface area contributed by atoms with Crippen LogP contribution < -0.4 is 17.2 Å². The highest BCUT2D eigenvalue weighted by Gasteiger charge is 2.05. The summed E-state index contributed by atoms with van der Waals surface area (Å²) < 4.78 is 1.07. The Morgan fingerprint density at radius 2 is 2.28 bits per heavy atom. The molecule has 18 heavy (non-hydrogen) atoms. The maximum atomic E-state index is 5.72. The van der Waals surface area contributed by atoms with E-state index in [1.165, 1.54) is 16.9 Å². The number of hydrogen-bond donors (Lipinski definition) is 3. The summed E-state index contributed by atoms with van der Waals surface area (Å²) in [7, 11) is 0. The highest BCUT2D eigenvalue weighted by Crippen LogP contribution is 2.29. The van der Waals surface area contributed by atoms with Gasteiger partial charge in [0, 0.05) is 11.1 Å². The molecule has 1 heterocycles. The van der Waals surface area contributed by atoms with E-state index in [1.54, 1.807) is 11.8 Å². The van der Waals surface area contributed by atoms with Gasteiger partial charge in [-0.15, -0.1) is 11.8 Å². The predicted octanol–water partition coefficient (Wildman–Crippen LogP) is 1.74. The Kier molecular flexibility index (Phi) is 4.05. The van der Waals surface area contributed by atoms with Crippen molar-refractivity contribution in [3.63, 3.8) is 0 Å². The van der Waals surface area contributed by atoms with Crippen molar-refractivity contribution in [2.75, 3.05) is 0 Å². The van der Waals surface area contributed by atoms with E-state index in [-0.39, 0.29) is 11.3 Å². The van der Waals surface area contributed by atoms with Crippen LogP contribution in [0.4, 0.5) is 5.13 Å². The number of aliphatic imine (C=N–C) groups is 1. The SMILES string of the molecule is CC(N)SCc1ccc2sc(N=C(N)N)nc2c1. The average Bonchev–Trinajstić information content (AvgIpc) is 2.66. The van der Waals surface area contributed by atoms with Crippen LogP contribution in [0.1, 0.15) is 12.5 Å². The van der Waals surface area contributed by atoms with Crippen LogP contribution in [0.25, 0.3) is 10.2 Å². The Bertz CT molecular complexity index is 572. The van der Waals surface area contributed by atoms with Crippen LogP contribution in [0, 0.1) is 0 Å². The first kappa shape index (κ1) is 13.1. The van der Waals surface area contributed by atoms with Crippen LogP contribution in [-0.4, -0.2) is 16.3 Å². The second-order valence-electron chi connectivity index (χ2n) is 3.85. The number of thiazole rings is 1. The number of fused-ring (bicyclic) bond motifs is 1. The zero-order chi connectivity index (χ0) is 13.1. The van der Waals surface area contributed by atoms with Crippen LogP contribution in [0.2, 0.25) is 0 Å². The first-order valence-corrected chi connectivity index (χ1v) is 7.27. The van der Waals surface area contributed by atoms with Crippen LogP contribution in [0.3, 0.4) is 0 Å². The maximum Gasteiger partial charge on any atom is 0.213 e. The quantitative estimate of drug-likeness (QED) is 0.450. The molecule has 0 radical (unpaired) electrons. The lowest BCUT2D eigenvalue weighted by molar-refractivity contribution is 1.04. The second kappa shape index (κ2) is 5.55. The van der Waals surface area contributed by atoms with Gasteiger partial charge in [0.05, 0.1) is 10.2 Å². The van der Waals surface area contributed by atoms with Gasteiger partial charge in [0.2, 0.25) is 5.13 Å². The molecule has 1 aromatic carbocycles. The summed E-state index contributed by atoms with van der Waals surface area (Å²) in [6.45, 7) is 1.98. The van der Waals surface area contributed by atoms with E-state index in [4.69, 9.17) is 17.2 Å². The fourth-order valence-electron chi connectivity index (χ4n) is 1.44. The molecule has 96 valence electrons. The zero-order valence-electron chi connectivity index (χ0n) is 9.96. The van der Waals surface area contributed by atoms with Crippen molar-refractivity contribution < 1.29 is 0 Å². The van der Waals surface area contributed by atoms with Crippen molar-refractivity contribution in [3.8, 4) is 0 Å². The molecule has 0 aliphatic carbocycles. The molecule has 2 aromatic rings. The standard InChI is InChI=1S/C11H15N5S2/c1-6(12)17-5-7-2-3-9-8(4-7)15-11(18-9)16-10(13)14/h2-4,6H,5,12H2,1H3,(H4,13,14,15,16). The van der Waals surface area contributed by atoms with E-state index >= 15 is 0 Å². The van der Waals surface area contributed by atoms with E-state index in [0.29, 0.717) is 5.13 Å². The summed E-state index contributed by atoms with van der Waals surface area (Å²) in [6, 6.07) is 6.16. The molecule has 1 unspecified atom stereocenters. The number of guanidine groups is 1. The Hall–Kier alpha value is -1.31. The third-order valence-electron chi connectivity index (χ3n) is 2.18. The molecule has 0 amide bonds. The van der Waals surface area contributed by atoms with Crippen molar-refractivity contribution >= 4 is 44.4 Å². The van der Waals surface area contributed by atoms with Gasteiger partial charge in [-0.05, 0) is 24.6 Å². The van der Waals surface area contributed by atoms with Crippen molar-refractivity contribution in [2.24, 2.45) is 22.2 Å². The van der Waals surface area contributed by atoms with Crippen LogP contribution in [0.5, 0.6) is 0 Å². The van der Waals surface area contributed by atoms with Gasteiger partial charge in [0.25, 0.3) is 0 Å². The lowest BCUT2D eigenvalue weighted by Crippen LogP contribution is -2.21. The Balaban J connectivity index is 2.25. The Labute approximate surface area is 113 Å². The van der Waals surface area contributed by atoms with Crippen LogP contribution in [-0.2, 0) is 5.75 Å². The molecule has 0 spiro atoms. The molecule has 2 rings (SSSR count). The first-order valence-electron chi connectivity index (χ1n) is 5.41. The summed E-state index contributed by atoms with van der Waals surface area (Å²) in [5, 5.41) is 0.718.